The Labute approximate surface area is 82.9 Å². The van der Waals surface area contributed by atoms with Crippen LogP contribution in [0.4, 0.5) is 4.39 Å². The van der Waals surface area contributed by atoms with E-state index in [0.29, 0.717) is 6.42 Å². The molecule has 78 valence electrons. The zero-order valence-electron chi connectivity index (χ0n) is 8.12. The van der Waals surface area contributed by atoms with Crippen molar-refractivity contribution >= 4 is 9.84 Å². The summed E-state index contributed by atoms with van der Waals surface area (Å²) in [5.74, 6) is -0.439. The lowest BCUT2D eigenvalue weighted by molar-refractivity contribution is 0.583. The highest BCUT2D eigenvalue weighted by molar-refractivity contribution is 7.91. The van der Waals surface area contributed by atoms with Crippen LogP contribution in [0, 0.1) is 12.7 Å². The third-order valence-corrected chi connectivity index (χ3v) is 3.60. The van der Waals surface area contributed by atoms with Crippen molar-refractivity contribution in [3.8, 4) is 0 Å². The third kappa shape index (κ3) is 2.29. The minimum Gasteiger partial charge on any atom is -0.239 e. The lowest BCUT2D eigenvalue weighted by atomic mass is 10.4. The number of pyridine rings is 1. The lowest BCUT2D eigenvalue weighted by Gasteiger charge is -2.02. The molecule has 0 unspecified atom stereocenters. The summed E-state index contributed by atoms with van der Waals surface area (Å²) >= 11 is 0. The van der Waals surface area contributed by atoms with E-state index in [1.165, 1.54) is 13.0 Å². The molecule has 0 aliphatic heterocycles. The summed E-state index contributed by atoms with van der Waals surface area (Å²) in [5.41, 5.74) is 0.113. The molecule has 0 radical (unpaired) electrons. The van der Waals surface area contributed by atoms with E-state index in [-0.39, 0.29) is 16.5 Å². The molecule has 1 aromatic rings. The molecule has 1 rings (SSSR count). The molecule has 14 heavy (non-hydrogen) atoms. The molecule has 3 nitrogen and oxygen atoms in total. The van der Waals surface area contributed by atoms with E-state index in [4.69, 9.17) is 0 Å². The van der Waals surface area contributed by atoms with Gasteiger partial charge in [0.2, 0.25) is 0 Å². The fraction of sp³-hybridized carbons (Fsp3) is 0.444. The molecule has 0 bridgehead atoms. The van der Waals surface area contributed by atoms with E-state index in [1.54, 1.807) is 6.92 Å². The van der Waals surface area contributed by atoms with E-state index in [1.807, 2.05) is 0 Å². The van der Waals surface area contributed by atoms with Crippen molar-refractivity contribution in [3.63, 3.8) is 0 Å². The maximum Gasteiger partial charge on any atom is 0.195 e. The Morgan fingerprint density at radius 3 is 2.57 bits per heavy atom. The lowest BCUT2D eigenvalue weighted by Crippen LogP contribution is -2.09. The molecule has 0 amide bonds. The van der Waals surface area contributed by atoms with Crippen LogP contribution >= 0.6 is 0 Å². The number of halogens is 1. The van der Waals surface area contributed by atoms with Crippen LogP contribution < -0.4 is 0 Å². The number of aryl methyl sites for hydroxylation is 1. The van der Waals surface area contributed by atoms with E-state index in [2.05, 4.69) is 4.98 Å². The molecule has 0 saturated carbocycles. The van der Waals surface area contributed by atoms with Crippen LogP contribution in [0.1, 0.15) is 19.0 Å². The van der Waals surface area contributed by atoms with Crippen molar-refractivity contribution in [2.45, 2.75) is 25.3 Å². The zero-order valence-corrected chi connectivity index (χ0v) is 8.94. The Morgan fingerprint density at radius 2 is 2.07 bits per heavy atom. The fourth-order valence-corrected chi connectivity index (χ4v) is 2.37. The molecular weight excluding hydrogens is 205 g/mol. The van der Waals surface area contributed by atoms with Crippen molar-refractivity contribution in [2.75, 3.05) is 5.75 Å². The molecule has 1 heterocycles. The molecule has 0 aliphatic carbocycles. The average Bonchev–Trinajstić information content (AvgIpc) is 2.09. The Hall–Kier alpha value is -0.970. The van der Waals surface area contributed by atoms with Gasteiger partial charge in [0.25, 0.3) is 0 Å². The van der Waals surface area contributed by atoms with Gasteiger partial charge in [-0.2, -0.15) is 0 Å². The molecule has 0 aliphatic rings. The largest absolute Gasteiger partial charge is 0.239 e. The monoisotopic (exact) mass is 217 g/mol. The van der Waals surface area contributed by atoms with Crippen molar-refractivity contribution in [1.82, 2.24) is 4.98 Å². The first-order valence-electron chi connectivity index (χ1n) is 4.33. The summed E-state index contributed by atoms with van der Waals surface area (Å²) in [6, 6.07) is 2.33. The molecule has 0 spiro atoms. The second kappa shape index (κ2) is 4.04. The highest BCUT2D eigenvalue weighted by atomic mass is 32.2. The van der Waals surface area contributed by atoms with Crippen LogP contribution in [-0.4, -0.2) is 19.2 Å². The Bertz CT molecular complexity index is 428. The van der Waals surface area contributed by atoms with Gasteiger partial charge in [-0.1, -0.05) is 6.92 Å². The maximum absolute atomic E-state index is 12.8. The van der Waals surface area contributed by atoms with Crippen molar-refractivity contribution < 1.29 is 12.8 Å². The average molecular weight is 217 g/mol. The molecule has 5 heteroatoms. The van der Waals surface area contributed by atoms with Crippen molar-refractivity contribution in [2.24, 2.45) is 0 Å². The second-order valence-corrected chi connectivity index (χ2v) is 5.09. The summed E-state index contributed by atoms with van der Waals surface area (Å²) in [5, 5.41) is -0.0433. The standard InChI is InChI=1S/C9H12FNO2S/c1-3-6-14(12,13)9-5-4-8(10)7(2)11-9/h4-5H,3,6H2,1-2H3. The van der Waals surface area contributed by atoms with Gasteiger partial charge in [-0.05, 0) is 25.5 Å². The predicted molar refractivity (Wildman–Crippen MR) is 51.3 cm³/mol. The third-order valence-electron chi connectivity index (χ3n) is 1.79. The van der Waals surface area contributed by atoms with Gasteiger partial charge < -0.3 is 0 Å². The van der Waals surface area contributed by atoms with E-state index < -0.39 is 15.7 Å². The Morgan fingerprint density at radius 1 is 1.43 bits per heavy atom. The number of rotatable bonds is 3. The smallest absolute Gasteiger partial charge is 0.195 e. The van der Waals surface area contributed by atoms with Gasteiger partial charge in [-0.3, -0.25) is 0 Å². The Kier molecular flexibility index (Phi) is 3.21. The molecule has 1 aromatic heterocycles. The zero-order chi connectivity index (χ0) is 10.8. The highest BCUT2D eigenvalue weighted by Gasteiger charge is 2.15. The van der Waals surface area contributed by atoms with Gasteiger partial charge in [0.15, 0.2) is 14.9 Å². The first-order valence-corrected chi connectivity index (χ1v) is 5.98. The van der Waals surface area contributed by atoms with Crippen LogP contribution in [0.2, 0.25) is 0 Å². The predicted octanol–water partition coefficient (Wildman–Crippen LogP) is 1.71. The number of sulfone groups is 1. The van der Waals surface area contributed by atoms with Crippen LogP contribution in [0.3, 0.4) is 0 Å². The van der Waals surface area contributed by atoms with Crippen LogP contribution in [0.25, 0.3) is 0 Å². The molecule has 0 saturated heterocycles. The number of nitrogens with zero attached hydrogens (tertiary/aromatic N) is 1. The molecule has 0 fully saturated rings. The minimum absolute atomic E-state index is 0.0433. The SMILES string of the molecule is CCCS(=O)(=O)c1ccc(F)c(C)n1. The highest BCUT2D eigenvalue weighted by Crippen LogP contribution is 2.11. The topological polar surface area (TPSA) is 47.0 Å². The maximum atomic E-state index is 12.8. The minimum atomic E-state index is -3.33. The van der Waals surface area contributed by atoms with Gasteiger partial charge in [-0.15, -0.1) is 0 Å². The second-order valence-electron chi connectivity index (χ2n) is 3.04. The van der Waals surface area contributed by atoms with Crippen LogP contribution in [0.15, 0.2) is 17.2 Å². The molecular formula is C9H12FNO2S. The van der Waals surface area contributed by atoms with Crippen molar-refractivity contribution in [1.29, 1.82) is 0 Å². The summed E-state index contributed by atoms with van der Waals surface area (Å²) in [7, 11) is -3.33. The van der Waals surface area contributed by atoms with Crippen LogP contribution in [0.5, 0.6) is 0 Å². The normalized spacial score (nSPS) is 11.6. The van der Waals surface area contributed by atoms with E-state index in [0.717, 1.165) is 6.07 Å². The molecule has 0 N–H and O–H groups in total. The first kappa shape index (κ1) is 11.1. The number of hydrogen-bond donors (Lipinski definition) is 0. The summed E-state index contributed by atoms with van der Waals surface area (Å²) < 4.78 is 35.8. The van der Waals surface area contributed by atoms with Crippen LogP contribution in [-0.2, 0) is 9.84 Å². The van der Waals surface area contributed by atoms with Crippen molar-refractivity contribution in [3.05, 3.63) is 23.6 Å². The summed E-state index contributed by atoms with van der Waals surface area (Å²) in [6.45, 7) is 3.22. The number of aromatic nitrogens is 1. The Balaban J connectivity index is 3.15. The molecule has 0 atom stereocenters. The molecule has 0 aromatic carbocycles. The van der Waals surface area contributed by atoms with Gasteiger partial charge in [0.1, 0.15) is 5.82 Å². The fourth-order valence-electron chi connectivity index (χ4n) is 1.07. The quantitative estimate of drug-likeness (QED) is 0.774. The number of hydrogen-bond acceptors (Lipinski definition) is 3. The van der Waals surface area contributed by atoms with Gasteiger partial charge in [0, 0.05) is 0 Å². The van der Waals surface area contributed by atoms with Gasteiger partial charge in [0.05, 0.1) is 11.4 Å². The van der Waals surface area contributed by atoms with E-state index in [9.17, 15) is 12.8 Å². The first-order chi connectivity index (χ1) is 6.47. The van der Waals surface area contributed by atoms with E-state index >= 15 is 0 Å². The van der Waals surface area contributed by atoms with Gasteiger partial charge >= 0.3 is 0 Å². The summed E-state index contributed by atoms with van der Waals surface area (Å²) in [4.78, 5) is 3.70. The van der Waals surface area contributed by atoms with Gasteiger partial charge in [-0.25, -0.2) is 17.8 Å². The summed E-state index contributed by atoms with van der Waals surface area (Å²) in [6.07, 6.45) is 0.528.